The molecular weight excluding hydrogens is 553 g/mol. The molecule has 1 aliphatic rings. The highest BCUT2D eigenvalue weighted by Crippen LogP contribution is 2.37. The third-order valence-corrected chi connectivity index (χ3v) is 8.18. The largest absolute Gasteiger partial charge is 0.481 e. The number of rotatable bonds is 8. The van der Waals surface area contributed by atoms with Gasteiger partial charge in [0.25, 0.3) is 0 Å². The summed E-state index contributed by atoms with van der Waals surface area (Å²) in [7, 11) is 1.90. The molecule has 208 valence electrons. The maximum absolute atomic E-state index is 12.6. The van der Waals surface area contributed by atoms with Gasteiger partial charge < -0.3 is 15.7 Å². The first-order valence-electron chi connectivity index (χ1n) is 12.9. The second kappa shape index (κ2) is 11.0. The number of nitrogens with two attached hydrogens (primary N) is 1. The number of piperidine rings is 1. The van der Waals surface area contributed by atoms with E-state index in [1.54, 1.807) is 18.2 Å². The first-order chi connectivity index (χ1) is 19.1. The first kappa shape index (κ1) is 27.8. The van der Waals surface area contributed by atoms with Crippen molar-refractivity contribution in [3.8, 4) is 17.1 Å². The van der Waals surface area contributed by atoms with Gasteiger partial charge in [-0.25, -0.2) is 15.0 Å². The summed E-state index contributed by atoms with van der Waals surface area (Å²) in [5.74, 6) is -0.234. The molecule has 3 N–H and O–H groups in total. The quantitative estimate of drug-likeness (QED) is 0.316. The lowest BCUT2D eigenvalue weighted by molar-refractivity contribution is -0.136. The number of nitrogens with zero attached hydrogens (tertiary/aromatic N) is 6. The molecule has 0 atom stereocenters. The molecule has 0 bridgehead atoms. The number of aliphatic carboxylic acids is 1. The Labute approximate surface area is 241 Å². The van der Waals surface area contributed by atoms with Gasteiger partial charge in [-0.05, 0) is 62.8 Å². The van der Waals surface area contributed by atoms with E-state index in [-0.39, 0.29) is 18.2 Å². The van der Waals surface area contributed by atoms with Crippen molar-refractivity contribution in [2.45, 2.75) is 31.7 Å². The molecule has 2 aromatic carbocycles. The normalized spacial score (nSPS) is 15.1. The topological polar surface area (TPSA) is 130 Å². The van der Waals surface area contributed by atoms with Crippen LogP contribution in [0.25, 0.3) is 28.2 Å². The van der Waals surface area contributed by atoms with Crippen LogP contribution < -0.4 is 10.6 Å². The van der Waals surface area contributed by atoms with Crippen molar-refractivity contribution in [3.05, 3.63) is 64.4 Å². The van der Waals surface area contributed by atoms with E-state index in [9.17, 15) is 14.7 Å². The number of carboxylic acids is 1. The van der Waals surface area contributed by atoms with E-state index in [1.807, 2.05) is 58.7 Å². The molecule has 1 saturated heterocycles. The number of amides is 1. The molecule has 1 aliphatic heterocycles. The van der Waals surface area contributed by atoms with Gasteiger partial charge in [0.1, 0.15) is 23.6 Å². The summed E-state index contributed by atoms with van der Waals surface area (Å²) in [6.45, 7) is 3.61. The smallest absolute Gasteiger partial charge is 0.311 e. The SMILES string of the molecule is CCN(C)C1(C(N)=O)CCN(c2nc(CC(=O)O)nc3c2nc(-c2ccccc2Cl)n3-c2ccc(Cl)cc2)CC1. The van der Waals surface area contributed by atoms with E-state index in [1.165, 1.54) is 0 Å². The molecule has 5 rings (SSSR count). The number of aromatic nitrogens is 4. The average molecular weight is 582 g/mol. The van der Waals surface area contributed by atoms with Crippen molar-refractivity contribution in [1.29, 1.82) is 0 Å². The second-order valence-corrected chi connectivity index (χ2v) is 10.7. The lowest BCUT2D eigenvalue weighted by Gasteiger charge is -2.45. The number of imidazole rings is 1. The van der Waals surface area contributed by atoms with Crippen molar-refractivity contribution in [2.24, 2.45) is 5.73 Å². The molecule has 3 heterocycles. The summed E-state index contributed by atoms with van der Waals surface area (Å²) in [6.07, 6.45) is 0.608. The molecular formula is C28H29Cl2N7O3. The third kappa shape index (κ3) is 4.98. The maximum atomic E-state index is 12.6. The lowest BCUT2D eigenvalue weighted by atomic mass is 9.85. The van der Waals surface area contributed by atoms with Gasteiger partial charge in [0.2, 0.25) is 5.91 Å². The highest BCUT2D eigenvalue weighted by atomic mass is 35.5. The minimum atomic E-state index is -1.05. The van der Waals surface area contributed by atoms with Crippen molar-refractivity contribution in [2.75, 3.05) is 31.6 Å². The molecule has 1 amide bonds. The summed E-state index contributed by atoms with van der Waals surface area (Å²) >= 11 is 12.8. The van der Waals surface area contributed by atoms with Crippen molar-refractivity contribution in [1.82, 2.24) is 24.4 Å². The van der Waals surface area contributed by atoms with E-state index in [4.69, 9.17) is 33.9 Å². The van der Waals surface area contributed by atoms with Crippen LogP contribution in [0.5, 0.6) is 0 Å². The van der Waals surface area contributed by atoms with E-state index < -0.39 is 11.5 Å². The number of hydrogen-bond donors (Lipinski definition) is 2. The molecule has 40 heavy (non-hydrogen) atoms. The highest BCUT2D eigenvalue weighted by Gasteiger charge is 2.43. The van der Waals surface area contributed by atoms with Gasteiger partial charge in [-0.15, -0.1) is 0 Å². The minimum absolute atomic E-state index is 0.147. The van der Waals surface area contributed by atoms with Crippen molar-refractivity contribution < 1.29 is 14.7 Å². The fourth-order valence-corrected chi connectivity index (χ4v) is 5.63. The monoisotopic (exact) mass is 581 g/mol. The molecule has 2 aromatic heterocycles. The van der Waals surface area contributed by atoms with Crippen LogP contribution in [0.1, 0.15) is 25.6 Å². The van der Waals surface area contributed by atoms with Crippen LogP contribution in [0.2, 0.25) is 10.0 Å². The molecule has 0 aliphatic carbocycles. The van der Waals surface area contributed by atoms with Crippen LogP contribution in [0.3, 0.4) is 0 Å². The number of hydrogen-bond acceptors (Lipinski definition) is 7. The summed E-state index contributed by atoms with van der Waals surface area (Å²) in [6, 6.07) is 14.6. The molecule has 10 nitrogen and oxygen atoms in total. The van der Waals surface area contributed by atoms with Crippen LogP contribution in [-0.2, 0) is 16.0 Å². The number of primary amides is 1. The van der Waals surface area contributed by atoms with Gasteiger partial charge in [0, 0.05) is 29.4 Å². The number of anilines is 1. The zero-order valence-electron chi connectivity index (χ0n) is 22.1. The minimum Gasteiger partial charge on any atom is -0.481 e. The van der Waals surface area contributed by atoms with Gasteiger partial charge in [-0.2, -0.15) is 0 Å². The van der Waals surface area contributed by atoms with E-state index in [0.717, 1.165) is 5.69 Å². The number of carbonyl (C=O) groups is 2. The summed E-state index contributed by atoms with van der Waals surface area (Å²) < 4.78 is 1.84. The Morgan fingerprint density at radius 3 is 2.33 bits per heavy atom. The second-order valence-electron chi connectivity index (χ2n) is 9.83. The molecule has 4 aromatic rings. The maximum Gasteiger partial charge on any atom is 0.311 e. The number of carbonyl (C=O) groups excluding carboxylic acids is 1. The van der Waals surface area contributed by atoms with Gasteiger partial charge >= 0.3 is 5.97 Å². The molecule has 1 fully saturated rings. The van der Waals surface area contributed by atoms with Crippen LogP contribution in [-0.4, -0.2) is 73.6 Å². The molecule has 0 saturated carbocycles. The molecule has 0 spiro atoms. The number of likely N-dealkylation sites (N-methyl/N-ethyl adjacent to an activating group) is 1. The summed E-state index contributed by atoms with van der Waals surface area (Å²) in [5.41, 5.74) is 7.45. The van der Waals surface area contributed by atoms with E-state index in [2.05, 4.69) is 9.97 Å². The summed E-state index contributed by atoms with van der Waals surface area (Å²) in [4.78, 5) is 42.6. The zero-order valence-corrected chi connectivity index (χ0v) is 23.7. The van der Waals surface area contributed by atoms with Gasteiger partial charge in [-0.1, -0.05) is 42.3 Å². The van der Waals surface area contributed by atoms with Gasteiger partial charge in [0.15, 0.2) is 17.0 Å². The molecule has 0 radical (unpaired) electrons. The fourth-order valence-electron chi connectivity index (χ4n) is 5.29. The standard InChI is InChI=1S/C28H29Cl2N7O3/c1-3-35(2)28(27(31)40)12-14-36(15-13-28)25-23-26(33-21(32-25)16-22(38)39)37(18-10-8-17(29)9-11-18)24(34-23)19-6-4-5-7-20(19)30/h4-11H,3,12-16H2,1-2H3,(H2,31,40)(H,38,39). The van der Waals surface area contributed by atoms with Crippen LogP contribution >= 0.6 is 23.2 Å². The molecule has 0 unspecified atom stereocenters. The average Bonchev–Trinajstić information content (AvgIpc) is 3.31. The lowest BCUT2D eigenvalue weighted by Crippen LogP contribution is -2.61. The predicted molar refractivity (Wildman–Crippen MR) is 155 cm³/mol. The highest BCUT2D eigenvalue weighted by molar-refractivity contribution is 6.33. The Kier molecular flexibility index (Phi) is 7.67. The third-order valence-electron chi connectivity index (χ3n) is 7.60. The summed E-state index contributed by atoms with van der Waals surface area (Å²) in [5, 5.41) is 10.7. The Bertz CT molecular complexity index is 1580. The van der Waals surface area contributed by atoms with Gasteiger partial charge in [0.05, 0.1) is 5.02 Å². The van der Waals surface area contributed by atoms with Crippen molar-refractivity contribution in [3.63, 3.8) is 0 Å². The van der Waals surface area contributed by atoms with Crippen LogP contribution in [0, 0.1) is 0 Å². The Hall–Kier alpha value is -3.73. The van der Waals surface area contributed by atoms with E-state index >= 15 is 0 Å². The number of benzene rings is 2. The number of carboxylic acid groups (broad SMARTS) is 1. The Morgan fingerprint density at radius 2 is 1.73 bits per heavy atom. The van der Waals surface area contributed by atoms with Crippen LogP contribution in [0.4, 0.5) is 5.82 Å². The molecule has 12 heteroatoms. The Morgan fingerprint density at radius 1 is 1.05 bits per heavy atom. The van der Waals surface area contributed by atoms with Crippen molar-refractivity contribution >= 4 is 52.1 Å². The predicted octanol–water partition coefficient (Wildman–Crippen LogP) is 4.19. The zero-order chi connectivity index (χ0) is 28.6. The van der Waals surface area contributed by atoms with Crippen LogP contribution in [0.15, 0.2) is 48.5 Å². The Balaban J connectivity index is 1.72. The number of fused-ring (bicyclic) bond motifs is 1. The van der Waals surface area contributed by atoms with Gasteiger partial charge in [-0.3, -0.25) is 19.1 Å². The number of halogens is 2. The first-order valence-corrected chi connectivity index (χ1v) is 13.7. The van der Waals surface area contributed by atoms with E-state index in [0.29, 0.717) is 70.9 Å². The fraction of sp³-hybridized carbons (Fsp3) is 0.321.